The SMILES string of the molecule is O=[N+]([O-])CC1Cc2cc(Cl)ccc2Oc2ccccc21. The van der Waals surface area contributed by atoms with Gasteiger partial charge in [0, 0.05) is 15.5 Å². The zero-order valence-electron chi connectivity index (χ0n) is 10.6. The van der Waals surface area contributed by atoms with Crippen LogP contribution in [0.3, 0.4) is 0 Å². The Morgan fingerprint density at radius 3 is 2.85 bits per heavy atom. The number of nitrogens with zero attached hydrogens (tertiary/aromatic N) is 1. The van der Waals surface area contributed by atoms with Gasteiger partial charge < -0.3 is 4.74 Å². The van der Waals surface area contributed by atoms with Gasteiger partial charge in [-0.2, -0.15) is 0 Å². The van der Waals surface area contributed by atoms with Gasteiger partial charge >= 0.3 is 0 Å². The third kappa shape index (κ3) is 2.47. The summed E-state index contributed by atoms with van der Waals surface area (Å²) in [6.45, 7) is -0.119. The maximum Gasteiger partial charge on any atom is 0.211 e. The maximum absolute atomic E-state index is 10.9. The molecule has 0 fully saturated rings. The number of halogens is 1. The summed E-state index contributed by atoms with van der Waals surface area (Å²) < 4.78 is 5.89. The summed E-state index contributed by atoms with van der Waals surface area (Å²) in [7, 11) is 0. The maximum atomic E-state index is 10.9. The summed E-state index contributed by atoms with van der Waals surface area (Å²) >= 11 is 6.01. The van der Waals surface area contributed by atoms with Crippen LogP contribution in [-0.2, 0) is 6.42 Å². The average Bonchev–Trinajstić information content (AvgIpc) is 2.55. The zero-order chi connectivity index (χ0) is 14.1. The number of ether oxygens (including phenoxy) is 1. The van der Waals surface area contributed by atoms with E-state index < -0.39 is 0 Å². The van der Waals surface area contributed by atoms with E-state index in [1.165, 1.54) is 0 Å². The van der Waals surface area contributed by atoms with Crippen molar-refractivity contribution in [2.75, 3.05) is 6.54 Å². The van der Waals surface area contributed by atoms with Crippen LogP contribution in [0.4, 0.5) is 0 Å². The van der Waals surface area contributed by atoms with Crippen LogP contribution in [0.25, 0.3) is 0 Å². The minimum atomic E-state index is -0.281. The number of rotatable bonds is 2. The van der Waals surface area contributed by atoms with Crippen LogP contribution in [0, 0.1) is 10.1 Å². The van der Waals surface area contributed by atoms with Crippen LogP contribution in [0.1, 0.15) is 17.0 Å². The normalized spacial score (nSPS) is 16.6. The lowest BCUT2D eigenvalue weighted by Gasteiger charge is -2.12. The topological polar surface area (TPSA) is 52.4 Å². The molecule has 102 valence electrons. The summed E-state index contributed by atoms with van der Waals surface area (Å²) in [4.78, 5) is 10.6. The molecule has 0 saturated carbocycles. The molecule has 0 radical (unpaired) electrons. The summed E-state index contributed by atoms with van der Waals surface area (Å²) in [5, 5.41) is 11.5. The third-order valence-corrected chi connectivity index (χ3v) is 3.67. The number of fused-ring (bicyclic) bond motifs is 2. The number of para-hydroxylation sites is 1. The first-order valence-electron chi connectivity index (χ1n) is 6.30. The van der Waals surface area contributed by atoms with E-state index in [0.717, 1.165) is 11.1 Å². The lowest BCUT2D eigenvalue weighted by atomic mass is 9.92. The van der Waals surface area contributed by atoms with Gasteiger partial charge in [0.1, 0.15) is 11.5 Å². The van der Waals surface area contributed by atoms with Crippen molar-refractivity contribution >= 4 is 11.6 Å². The molecule has 20 heavy (non-hydrogen) atoms. The fourth-order valence-corrected chi connectivity index (χ4v) is 2.75. The Balaban J connectivity index is 2.09. The standard InChI is InChI=1S/C15H12ClNO3/c16-12-5-6-14-10(8-12)7-11(9-17(18)19)13-3-1-2-4-15(13)20-14/h1-6,8,11H,7,9H2. The summed E-state index contributed by atoms with van der Waals surface area (Å²) in [5.74, 6) is 1.19. The van der Waals surface area contributed by atoms with Crippen LogP contribution >= 0.6 is 11.6 Å². The average molecular weight is 290 g/mol. The molecule has 0 spiro atoms. The van der Waals surface area contributed by atoms with E-state index in [0.29, 0.717) is 22.9 Å². The first kappa shape index (κ1) is 12.9. The van der Waals surface area contributed by atoms with Crippen LogP contribution in [0.5, 0.6) is 11.5 Å². The molecule has 4 nitrogen and oxygen atoms in total. The van der Waals surface area contributed by atoms with E-state index in [4.69, 9.17) is 16.3 Å². The Morgan fingerprint density at radius 2 is 2.05 bits per heavy atom. The zero-order valence-corrected chi connectivity index (χ0v) is 11.3. The lowest BCUT2D eigenvalue weighted by molar-refractivity contribution is -0.483. The molecule has 2 aromatic rings. The van der Waals surface area contributed by atoms with Gasteiger partial charge in [-0.25, -0.2) is 0 Å². The Labute approximate surface area is 121 Å². The molecule has 0 amide bonds. The highest BCUT2D eigenvalue weighted by Gasteiger charge is 2.27. The van der Waals surface area contributed by atoms with E-state index in [2.05, 4.69) is 0 Å². The first-order valence-corrected chi connectivity index (χ1v) is 6.68. The third-order valence-electron chi connectivity index (χ3n) is 3.44. The molecule has 2 aromatic carbocycles. The highest BCUT2D eigenvalue weighted by atomic mass is 35.5. The van der Waals surface area contributed by atoms with Crippen LogP contribution in [0.15, 0.2) is 42.5 Å². The molecule has 0 N–H and O–H groups in total. The highest BCUT2D eigenvalue weighted by Crippen LogP contribution is 2.40. The predicted octanol–water partition coefficient (Wildman–Crippen LogP) is 4.05. The molecular formula is C15H12ClNO3. The van der Waals surface area contributed by atoms with Crippen molar-refractivity contribution < 1.29 is 9.66 Å². The molecule has 3 rings (SSSR count). The summed E-state index contributed by atoms with van der Waals surface area (Å²) in [6.07, 6.45) is 0.549. The van der Waals surface area contributed by atoms with Crippen molar-refractivity contribution in [2.45, 2.75) is 12.3 Å². The molecule has 1 aliphatic heterocycles. The number of nitro groups is 1. The second-order valence-electron chi connectivity index (χ2n) is 4.81. The van der Waals surface area contributed by atoms with Crippen molar-refractivity contribution in [1.82, 2.24) is 0 Å². The number of hydrogen-bond donors (Lipinski definition) is 0. The fraction of sp³-hybridized carbons (Fsp3) is 0.200. The van der Waals surface area contributed by atoms with Gasteiger partial charge in [-0.15, -0.1) is 0 Å². The summed E-state index contributed by atoms with van der Waals surface area (Å²) in [6, 6.07) is 12.8. The number of benzene rings is 2. The Kier molecular flexibility index (Phi) is 3.32. The molecule has 5 heteroatoms. The molecule has 0 saturated heterocycles. The van der Waals surface area contributed by atoms with Gasteiger partial charge in [-0.1, -0.05) is 29.8 Å². The van der Waals surface area contributed by atoms with Gasteiger partial charge in [0.05, 0.1) is 5.92 Å². The first-order chi connectivity index (χ1) is 9.63. The summed E-state index contributed by atoms with van der Waals surface area (Å²) in [5.41, 5.74) is 1.78. The Morgan fingerprint density at radius 1 is 1.25 bits per heavy atom. The number of hydrogen-bond acceptors (Lipinski definition) is 3. The van der Waals surface area contributed by atoms with Crippen molar-refractivity contribution in [3.05, 3.63) is 68.7 Å². The predicted molar refractivity (Wildman–Crippen MR) is 76.3 cm³/mol. The van der Waals surface area contributed by atoms with E-state index in [9.17, 15) is 10.1 Å². The second-order valence-corrected chi connectivity index (χ2v) is 5.24. The van der Waals surface area contributed by atoms with Gasteiger partial charge in [0.15, 0.2) is 0 Å². The van der Waals surface area contributed by atoms with Crippen LogP contribution < -0.4 is 4.74 Å². The van der Waals surface area contributed by atoms with E-state index in [-0.39, 0.29) is 17.4 Å². The second kappa shape index (κ2) is 5.13. The van der Waals surface area contributed by atoms with Crippen molar-refractivity contribution in [1.29, 1.82) is 0 Å². The molecule has 0 aromatic heterocycles. The van der Waals surface area contributed by atoms with Crippen LogP contribution in [0.2, 0.25) is 5.02 Å². The van der Waals surface area contributed by atoms with Crippen molar-refractivity contribution in [2.24, 2.45) is 0 Å². The van der Waals surface area contributed by atoms with E-state index in [1.807, 2.05) is 36.4 Å². The molecule has 1 heterocycles. The smallest absolute Gasteiger partial charge is 0.211 e. The monoisotopic (exact) mass is 289 g/mol. The van der Waals surface area contributed by atoms with Gasteiger partial charge in [0.25, 0.3) is 0 Å². The lowest BCUT2D eigenvalue weighted by Crippen LogP contribution is -2.14. The molecule has 0 bridgehead atoms. The minimum Gasteiger partial charge on any atom is -0.457 e. The van der Waals surface area contributed by atoms with E-state index >= 15 is 0 Å². The highest BCUT2D eigenvalue weighted by molar-refractivity contribution is 6.30. The van der Waals surface area contributed by atoms with E-state index in [1.54, 1.807) is 6.07 Å². The fourth-order valence-electron chi connectivity index (χ4n) is 2.55. The quantitative estimate of drug-likeness (QED) is 0.619. The largest absolute Gasteiger partial charge is 0.457 e. The van der Waals surface area contributed by atoms with Crippen molar-refractivity contribution in [3.63, 3.8) is 0 Å². The van der Waals surface area contributed by atoms with Crippen molar-refractivity contribution in [3.8, 4) is 11.5 Å². The molecule has 1 aliphatic rings. The Hall–Kier alpha value is -2.07. The Bertz CT molecular complexity index is 672. The van der Waals surface area contributed by atoms with Gasteiger partial charge in [-0.3, -0.25) is 10.1 Å². The molecule has 0 aliphatic carbocycles. The molecule has 1 atom stereocenters. The van der Waals surface area contributed by atoms with Gasteiger partial charge in [-0.05, 0) is 36.2 Å². The molecular weight excluding hydrogens is 278 g/mol. The van der Waals surface area contributed by atoms with Crippen LogP contribution in [-0.4, -0.2) is 11.5 Å². The molecule has 1 unspecified atom stereocenters. The minimum absolute atomic E-state index is 0.119. The van der Waals surface area contributed by atoms with Gasteiger partial charge in [0.2, 0.25) is 6.54 Å².